The van der Waals surface area contributed by atoms with Crippen molar-refractivity contribution in [3.8, 4) is 0 Å². The molecule has 0 heterocycles. The average molecular weight is 260 g/mol. The van der Waals surface area contributed by atoms with E-state index in [9.17, 15) is 9.59 Å². The lowest BCUT2D eigenvalue weighted by Gasteiger charge is -2.21. The van der Waals surface area contributed by atoms with Crippen molar-refractivity contribution in [3.63, 3.8) is 0 Å². The number of hydrogen-bond acceptors (Lipinski definition) is 3. The zero-order valence-corrected chi connectivity index (χ0v) is 12.5. The van der Waals surface area contributed by atoms with Crippen molar-refractivity contribution in [2.75, 3.05) is 11.5 Å². The summed E-state index contributed by atoms with van der Waals surface area (Å²) in [6.45, 7) is 11.6. The van der Waals surface area contributed by atoms with Crippen LogP contribution in [0.3, 0.4) is 0 Å². The summed E-state index contributed by atoms with van der Waals surface area (Å²) in [6, 6.07) is 0. The SMILES string of the molecule is CC(C)(C)NC(=O)CSCC(=O)NC(C)(C)C. The van der Waals surface area contributed by atoms with Gasteiger partial charge in [-0.1, -0.05) is 0 Å². The molecule has 0 aromatic carbocycles. The Hall–Kier alpha value is -0.710. The summed E-state index contributed by atoms with van der Waals surface area (Å²) in [4.78, 5) is 22.9. The third kappa shape index (κ3) is 11.6. The molecule has 2 amide bonds. The summed E-state index contributed by atoms with van der Waals surface area (Å²) in [5.41, 5.74) is -0.434. The monoisotopic (exact) mass is 260 g/mol. The van der Waals surface area contributed by atoms with Crippen molar-refractivity contribution in [3.05, 3.63) is 0 Å². The molecule has 0 aromatic heterocycles. The Labute approximate surface area is 108 Å². The van der Waals surface area contributed by atoms with Crippen LogP contribution in [0.15, 0.2) is 0 Å². The Kier molecular flexibility index (Phi) is 6.02. The molecular weight excluding hydrogens is 236 g/mol. The van der Waals surface area contributed by atoms with Gasteiger partial charge in [-0.05, 0) is 41.5 Å². The standard InChI is InChI=1S/C12H24N2O2S/c1-11(2,3)13-9(15)7-17-8-10(16)14-12(4,5)6/h7-8H2,1-6H3,(H,13,15)(H,14,16). The normalized spacial score (nSPS) is 12.1. The summed E-state index contributed by atoms with van der Waals surface area (Å²) in [5, 5.41) is 5.70. The Morgan fingerprint density at radius 1 is 0.824 bits per heavy atom. The van der Waals surface area contributed by atoms with Crippen LogP contribution in [0.5, 0.6) is 0 Å². The number of rotatable bonds is 4. The molecule has 5 heteroatoms. The van der Waals surface area contributed by atoms with Crippen LogP contribution in [0, 0.1) is 0 Å². The minimum absolute atomic E-state index is 0.0361. The highest BCUT2D eigenvalue weighted by molar-refractivity contribution is 8.00. The predicted molar refractivity (Wildman–Crippen MR) is 73.1 cm³/mol. The molecule has 4 nitrogen and oxygen atoms in total. The highest BCUT2D eigenvalue weighted by atomic mass is 32.2. The van der Waals surface area contributed by atoms with E-state index in [-0.39, 0.29) is 22.9 Å². The molecule has 0 aliphatic rings. The number of hydrogen-bond donors (Lipinski definition) is 2. The van der Waals surface area contributed by atoms with E-state index in [1.165, 1.54) is 11.8 Å². The van der Waals surface area contributed by atoms with Crippen LogP contribution < -0.4 is 10.6 Å². The fraction of sp³-hybridized carbons (Fsp3) is 0.833. The van der Waals surface area contributed by atoms with Gasteiger partial charge in [-0.15, -0.1) is 11.8 Å². The van der Waals surface area contributed by atoms with Gasteiger partial charge in [-0.3, -0.25) is 9.59 Å². The maximum Gasteiger partial charge on any atom is 0.230 e. The van der Waals surface area contributed by atoms with Crippen molar-refractivity contribution in [2.45, 2.75) is 52.6 Å². The molecule has 0 spiro atoms. The molecule has 0 aromatic rings. The van der Waals surface area contributed by atoms with Crippen molar-refractivity contribution < 1.29 is 9.59 Å². The van der Waals surface area contributed by atoms with E-state index in [0.29, 0.717) is 11.5 Å². The summed E-state index contributed by atoms with van der Waals surface area (Å²) in [7, 11) is 0. The molecule has 0 fully saturated rings. The molecule has 0 bridgehead atoms. The lowest BCUT2D eigenvalue weighted by molar-refractivity contribution is -0.120. The molecule has 0 aliphatic carbocycles. The Bertz CT molecular complexity index is 249. The van der Waals surface area contributed by atoms with Gasteiger partial charge in [0, 0.05) is 11.1 Å². The number of amides is 2. The summed E-state index contributed by atoms with van der Waals surface area (Å²) in [6.07, 6.45) is 0. The van der Waals surface area contributed by atoms with Gasteiger partial charge in [0.25, 0.3) is 0 Å². The van der Waals surface area contributed by atoms with Crippen LogP contribution in [0.4, 0.5) is 0 Å². The molecule has 2 N–H and O–H groups in total. The summed E-state index contributed by atoms with van der Waals surface area (Å²) in [5.74, 6) is 0.557. The first kappa shape index (κ1) is 16.3. The lowest BCUT2D eigenvalue weighted by atomic mass is 10.1. The Morgan fingerprint density at radius 2 is 1.12 bits per heavy atom. The molecule has 100 valence electrons. The average Bonchev–Trinajstić information content (AvgIpc) is 1.95. The van der Waals surface area contributed by atoms with Crippen LogP contribution in [-0.2, 0) is 9.59 Å². The maximum atomic E-state index is 11.5. The molecule has 0 radical (unpaired) electrons. The zero-order valence-electron chi connectivity index (χ0n) is 11.6. The van der Waals surface area contributed by atoms with E-state index in [4.69, 9.17) is 0 Å². The van der Waals surface area contributed by atoms with E-state index in [0.717, 1.165) is 0 Å². The van der Waals surface area contributed by atoms with E-state index in [1.54, 1.807) is 0 Å². The third-order valence-corrected chi connectivity index (χ3v) is 2.43. The van der Waals surface area contributed by atoms with E-state index >= 15 is 0 Å². The smallest absolute Gasteiger partial charge is 0.230 e. The van der Waals surface area contributed by atoms with Crippen LogP contribution in [0.1, 0.15) is 41.5 Å². The first-order valence-corrected chi connectivity index (χ1v) is 6.85. The molecular formula is C12H24N2O2S. The summed E-state index contributed by atoms with van der Waals surface area (Å²) >= 11 is 1.33. The maximum absolute atomic E-state index is 11.5. The molecule has 0 aliphatic heterocycles. The Balaban J connectivity index is 3.78. The lowest BCUT2D eigenvalue weighted by Crippen LogP contribution is -2.43. The van der Waals surface area contributed by atoms with Gasteiger partial charge >= 0.3 is 0 Å². The predicted octanol–water partition coefficient (Wildman–Crippen LogP) is 1.55. The van der Waals surface area contributed by atoms with Gasteiger partial charge in [0.2, 0.25) is 11.8 Å². The van der Waals surface area contributed by atoms with Crippen LogP contribution in [0.25, 0.3) is 0 Å². The first-order valence-electron chi connectivity index (χ1n) is 5.69. The van der Waals surface area contributed by atoms with Gasteiger partial charge in [0.15, 0.2) is 0 Å². The fourth-order valence-electron chi connectivity index (χ4n) is 1.15. The van der Waals surface area contributed by atoms with Gasteiger partial charge in [0.1, 0.15) is 0 Å². The Morgan fingerprint density at radius 3 is 1.35 bits per heavy atom. The van der Waals surface area contributed by atoms with E-state index < -0.39 is 0 Å². The summed E-state index contributed by atoms with van der Waals surface area (Å²) < 4.78 is 0. The van der Waals surface area contributed by atoms with Crippen LogP contribution in [0.2, 0.25) is 0 Å². The third-order valence-electron chi connectivity index (χ3n) is 1.50. The molecule has 0 saturated heterocycles. The minimum atomic E-state index is -0.217. The number of carbonyl (C=O) groups is 2. The van der Waals surface area contributed by atoms with E-state index in [2.05, 4.69) is 10.6 Å². The second kappa shape index (κ2) is 6.28. The topological polar surface area (TPSA) is 58.2 Å². The zero-order chi connectivity index (χ0) is 13.7. The van der Waals surface area contributed by atoms with Crippen molar-refractivity contribution in [1.82, 2.24) is 10.6 Å². The van der Waals surface area contributed by atoms with Gasteiger partial charge in [-0.2, -0.15) is 0 Å². The quantitative estimate of drug-likeness (QED) is 0.806. The second-order valence-corrected chi connectivity index (χ2v) is 7.07. The highest BCUT2D eigenvalue weighted by Gasteiger charge is 2.16. The molecule has 0 atom stereocenters. The highest BCUT2D eigenvalue weighted by Crippen LogP contribution is 2.05. The molecule has 0 saturated carbocycles. The molecule has 0 rings (SSSR count). The molecule has 0 unspecified atom stereocenters. The number of carbonyl (C=O) groups excluding carboxylic acids is 2. The van der Waals surface area contributed by atoms with Gasteiger partial charge in [-0.25, -0.2) is 0 Å². The first-order chi connectivity index (χ1) is 7.49. The van der Waals surface area contributed by atoms with Gasteiger partial charge in [0.05, 0.1) is 11.5 Å². The largest absolute Gasteiger partial charge is 0.351 e. The van der Waals surface area contributed by atoms with Crippen molar-refractivity contribution in [2.24, 2.45) is 0 Å². The van der Waals surface area contributed by atoms with Crippen LogP contribution >= 0.6 is 11.8 Å². The van der Waals surface area contributed by atoms with Crippen molar-refractivity contribution >= 4 is 23.6 Å². The fourth-order valence-corrected chi connectivity index (χ4v) is 1.76. The van der Waals surface area contributed by atoms with Gasteiger partial charge < -0.3 is 10.6 Å². The van der Waals surface area contributed by atoms with E-state index in [1.807, 2.05) is 41.5 Å². The van der Waals surface area contributed by atoms with Crippen LogP contribution in [-0.4, -0.2) is 34.4 Å². The number of nitrogens with one attached hydrogen (secondary N) is 2. The number of thioether (sulfide) groups is 1. The van der Waals surface area contributed by atoms with Crippen molar-refractivity contribution in [1.29, 1.82) is 0 Å². The minimum Gasteiger partial charge on any atom is -0.351 e. The molecule has 17 heavy (non-hydrogen) atoms. The second-order valence-electron chi connectivity index (χ2n) is 6.09.